The van der Waals surface area contributed by atoms with Gasteiger partial charge in [0.1, 0.15) is 5.75 Å². The number of methoxy groups -OCH3 is 1. The maximum atomic E-state index is 12.4. The molecule has 0 radical (unpaired) electrons. The molecule has 4 aromatic rings. The standard InChI is InChI=1S/C24H23N5O2S/c1-31-21-13-7-17(8-14-21)15-22-27-28-24(29(22)25)32-16-23(30)26-20-11-9-19(10-12-20)18-5-3-2-4-6-18/h2-14H,15-16,25H2,1H3,(H,26,30). The van der Waals surface area contributed by atoms with Crippen LogP contribution < -0.4 is 15.9 Å². The van der Waals surface area contributed by atoms with Gasteiger partial charge in [0.2, 0.25) is 11.1 Å². The van der Waals surface area contributed by atoms with Crippen LogP contribution in [0, 0.1) is 0 Å². The predicted octanol–water partition coefficient (Wildman–Crippen LogP) is 3.99. The fraction of sp³-hybridized carbons (Fsp3) is 0.125. The highest BCUT2D eigenvalue weighted by molar-refractivity contribution is 7.99. The molecule has 4 rings (SSSR count). The molecular formula is C24H23N5O2S. The number of amides is 1. The number of nitrogens with two attached hydrogens (primary N) is 1. The highest BCUT2D eigenvalue weighted by Gasteiger charge is 2.13. The Hall–Kier alpha value is -3.78. The van der Waals surface area contributed by atoms with Crippen molar-refractivity contribution in [1.29, 1.82) is 0 Å². The van der Waals surface area contributed by atoms with Crippen molar-refractivity contribution in [1.82, 2.24) is 14.9 Å². The van der Waals surface area contributed by atoms with Crippen molar-refractivity contribution in [2.75, 3.05) is 24.0 Å². The lowest BCUT2D eigenvalue weighted by atomic mass is 10.1. The number of nitrogen functional groups attached to an aromatic ring is 1. The molecule has 0 fully saturated rings. The predicted molar refractivity (Wildman–Crippen MR) is 127 cm³/mol. The number of aromatic nitrogens is 3. The SMILES string of the molecule is COc1ccc(Cc2nnc(SCC(=O)Nc3ccc(-c4ccccc4)cc3)n2N)cc1. The molecule has 0 bridgehead atoms. The molecule has 3 aromatic carbocycles. The van der Waals surface area contributed by atoms with E-state index < -0.39 is 0 Å². The summed E-state index contributed by atoms with van der Waals surface area (Å²) >= 11 is 1.24. The summed E-state index contributed by atoms with van der Waals surface area (Å²) in [6.45, 7) is 0. The van der Waals surface area contributed by atoms with Gasteiger partial charge < -0.3 is 15.9 Å². The average molecular weight is 446 g/mol. The first-order valence-electron chi connectivity index (χ1n) is 10.0. The van der Waals surface area contributed by atoms with E-state index in [1.807, 2.05) is 66.7 Å². The van der Waals surface area contributed by atoms with Crippen molar-refractivity contribution >= 4 is 23.4 Å². The molecule has 8 heteroatoms. The number of benzene rings is 3. The summed E-state index contributed by atoms with van der Waals surface area (Å²) < 4.78 is 6.60. The lowest BCUT2D eigenvalue weighted by Gasteiger charge is -2.07. The van der Waals surface area contributed by atoms with Crippen molar-refractivity contribution in [3.8, 4) is 16.9 Å². The molecule has 1 aromatic heterocycles. The van der Waals surface area contributed by atoms with E-state index in [1.165, 1.54) is 16.4 Å². The van der Waals surface area contributed by atoms with Gasteiger partial charge in [0.05, 0.1) is 12.9 Å². The normalized spacial score (nSPS) is 10.7. The van der Waals surface area contributed by atoms with E-state index in [4.69, 9.17) is 10.6 Å². The number of ether oxygens (including phenoxy) is 1. The highest BCUT2D eigenvalue weighted by Crippen LogP contribution is 2.22. The lowest BCUT2D eigenvalue weighted by molar-refractivity contribution is -0.113. The van der Waals surface area contributed by atoms with Crippen LogP contribution in [0.3, 0.4) is 0 Å². The minimum Gasteiger partial charge on any atom is -0.497 e. The number of hydrogen-bond acceptors (Lipinski definition) is 6. The molecule has 0 spiro atoms. The van der Waals surface area contributed by atoms with Gasteiger partial charge in [0.25, 0.3) is 0 Å². The Bertz CT molecular complexity index is 1180. The van der Waals surface area contributed by atoms with Gasteiger partial charge in [0.15, 0.2) is 5.82 Å². The van der Waals surface area contributed by atoms with Crippen LogP contribution in [0.5, 0.6) is 5.75 Å². The third-order valence-corrected chi connectivity index (χ3v) is 5.81. The number of rotatable bonds is 8. The Morgan fingerprint density at radius 3 is 2.34 bits per heavy atom. The first-order chi connectivity index (χ1) is 15.6. The summed E-state index contributed by atoms with van der Waals surface area (Å²) in [6, 6.07) is 25.5. The quantitative estimate of drug-likeness (QED) is 0.315. The summed E-state index contributed by atoms with van der Waals surface area (Å²) in [5.74, 6) is 7.59. The topological polar surface area (TPSA) is 95.1 Å². The average Bonchev–Trinajstić information content (AvgIpc) is 3.18. The molecule has 0 unspecified atom stereocenters. The molecule has 1 amide bonds. The van der Waals surface area contributed by atoms with Gasteiger partial charge >= 0.3 is 0 Å². The van der Waals surface area contributed by atoms with Gasteiger partial charge in [-0.2, -0.15) is 0 Å². The number of hydrogen-bond donors (Lipinski definition) is 2. The van der Waals surface area contributed by atoms with E-state index in [2.05, 4.69) is 27.6 Å². The molecule has 1 heterocycles. The van der Waals surface area contributed by atoms with Crippen LogP contribution in [0.15, 0.2) is 84.0 Å². The van der Waals surface area contributed by atoms with Crippen LogP contribution >= 0.6 is 11.8 Å². The summed E-state index contributed by atoms with van der Waals surface area (Å²) in [4.78, 5) is 12.4. The van der Waals surface area contributed by atoms with Gasteiger partial charge in [-0.25, -0.2) is 4.68 Å². The van der Waals surface area contributed by atoms with E-state index in [0.29, 0.717) is 17.4 Å². The van der Waals surface area contributed by atoms with Gasteiger partial charge in [-0.1, -0.05) is 66.4 Å². The fourth-order valence-electron chi connectivity index (χ4n) is 3.16. The van der Waals surface area contributed by atoms with Crippen molar-refractivity contribution in [2.45, 2.75) is 11.6 Å². The highest BCUT2D eigenvalue weighted by atomic mass is 32.2. The molecule has 32 heavy (non-hydrogen) atoms. The van der Waals surface area contributed by atoms with Crippen LogP contribution in [0.4, 0.5) is 5.69 Å². The summed E-state index contributed by atoms with van der Waals surface area (Å²) in [7, 11) is 1.63. The van der Waals surface area contributed by atoms with Gasteiger partial charge in [-0.3, -0.25) is 4.79 Å². The number of thioether (sulfide) groups is 1. The molecule has 0 atom stereocenters. The Labute approximate surface area is 190 Å². The second kappa shape index (κ2) is 10.0. The largest absolute Gasteiger partial charge is 0.497 e. The zero-order valence-corrected chi connectivity index (χ0v) is 18.4. The van der Waals surface area contributed by atoms with E-state index >= 15 is 0 Å². The van der Waals surface area contributed by atoms with Crippen LogP contribution in [0.25, 0.3) is 11.1 Å². The molecule has 0 aliphatic carbocycles. The maximum Gasteiger partial charge on any atom is 0.234 e. The number of nitrogens with one attached hydrogen (secondary N) is 1. The van der Waals surface area contributed by atoms with Crippen LogP contribution in [0.1, 0.15) is 11.4 Å². The Kier molecular flexibility index (Phi) is 6.72. The molecule has 0 saturated carbocycles. The second-order valence-electron chi connectivity index (χ2n) is 7.07. The lowest BCUT2D eigenvalue weighted by Crippen LogP contribution is -2.17. The van der Waals surface area contributed by atoms with Crippen LogP contribution in [-0.4, -0.2) is 33.6 Å². The fourth-order valence-corrected chi connectivity index (χ4v) is 3.83. The minimum atomic E-state index is -0.137. The second-order valence-corrected chi connectivity index (χ2v) is 8.02. The molecular weight excluding hydrogens is 422 g/mol. The number of carbonyl (C=O) groups is 1. The zero-order chi connectivity index (χ0) is 22.3. The Morgan fingerprint density at radius 2 is 1.66 bits per heavy atom. The van der Waals surface area contributed by atoms with Crippen molar-refractivity contribution in [2.24, 2.45) is 0 Å². The van der Waals surface area contributed by atoms with E-state index in [-0.39, 0.29) is 11.7 Å². The molecule has 0 aliphatic heterocycles. The van der Waals surface area contributed by atoms with E-state index in [9.17, 15) is 4.79 Å². The van der Waals surface area contributed by atoms with E-state index in [1.54, 1.807) is 7.11 Å². The minimum absolute atomic E-state index is 0.137. The van der Waals surface area contributed by atoms with Gasteiger partial charge in [0, 0.05) is 12.1 Å². The van der Waals surface area contributed by atoms with Crippen molar-refractivity contribution < 1.29 is 9.53 Å². The summed E-state index contributed by atoms with van der Waals surface area (Å²) in [5.41, 5.74) is 4.01. The smallest absolute Gasteiger partial charge is 0.234 e. The Balaban J connectivity index is 1.31. The van der Waals surface area contributed by atoms with Crippen molar-refractivity contribution in [3.63, 3.8) is 0 Å². The van der Waals surface area contributed by atoms with Gasteiger partial charge in [-0.15, -0.1) is 10.2 Å². The monoisotopic (exact) mass is 445 g/mol. The summed E-state index contributed by atoms with van der Waals surface area (Å²) in [6.07, 6.45) is 0.536. The zero-order valence-electron chi connectivity index (χ0n) is 17.6. The third kappa shape index (κ3) is 5.28. The third-order valence-electron chi connectivity index (χ3n) is 4.86. The first kappa shape index (κ1) is 21.5. The molecule has 162 valence electrons. The molecule has 7 nitrogen and oxygen atoms in total. The molecule has 0 saturated heterocycles. The summed E-state index contributed by atoms with van der Waals surface area (Å²) in [5, 5.41) is 11.7. The van der Waals surface area contributed by atoms with Crippen LogP contribution in [-0.2, 0) is 11.2 Å². The first-order valence-corrected chi connectivity index (χ1v) is 11.0. The number of anilines is 1. The molecule has 0 aliphatic rings. The van der Waals surface area contributed by atoms with Crippen LogP contribution in [0.2, 0.25) is 0 Å². The van der Waals surface area contributed by atoms with E-state index in [0.717, 1.165) is 28.1 Å². The number of nitrogens with zero attached hydrogens (tertiary/aromatic N) is 3. The van der Waals surface area contributed by atoms with Crippen molar-refractivity contribution in [3.05, 3.63) is 90.3 Å². The Morgan fingerprint density at radius 1 is 0.969 bits per heavy atom. The molecule has 3 N–H and O–H groups in total. The number of carbonyl (C=O) groups excluding carboxylic acids is 1. The maximum absolute atomic E-state index is 12.4. The van der Waals surface area contributed by atoms with Gasteiger partial charge in [-0.05, 0) is 41.0 Å².